The molecule has 3 aliphatic heterocycles. The van der Waals surface area contributed by atoms with Crippen LogP contribution < -0.4 is 4.74 Å². The van der Waals surface area contributed by atoms with Gasteiger partial charge in [0.15, 0.2) is 0 Å². The van der Waals surface area contributed by atoms with E-state index in [2.05, 4.69) is 16.7 Å². The van der Waals surface area contributed by atoms with Gasteiger partial charge >= 0.3 is 0 Å². The fourth-order valence-electron chi connectivity index (χ4n) is 4.80. The van der Waals surface area contributed by atoms with Crippen LogP contribution >= 0.6 is 11.6 Å². The molecule has 0 N–H and O–H groups in total. The van der Waals surface area contributed by atoms with Gasteiger partial charge in [0.05, 0.1) is 5.92 Å². The predicted octanol–water partition coefficient (Wildman–Crippen LogP) is 3.86. The smallest absolute Gasteiger partial charge is 0.229 e. The van der Waals surface area contributed by atoms with Crippen molar-refractivity contribution in [2.24, 2.45) is 17.8 Å². The first-order valence-corrected chi connectivity index (χ1v) is 10.9. The van der Waals surface area contributed by atoms with E-state index in [1.807, 2.05) is 18.2 Å². The van der Waals surface area contributed by atoms with Crippen LogP contribution in [0.4, 0.5) is 0 Å². The molecule has 0 bridgehead atoms. The fraction of sp³-hybridized carbons (Fsp3) is 0.682. The largest absolute Gasteiger partial charge is 0.492 e. The predicted molar refractivity (Wildman–Crippen MR) is 108 cm³/mol. The van der Waals surface area contributed by atoms with Crippen LogP contribution in [0.15, 0.2) is 18.2 Å². The molecule has 27 heavy (non-hydrogen) atoms. The van der Waals surface area contributed by atoms with Crippen molar-refractivity contribution in [2.45, 2.75) is 39.0 Å². The highest BCUT2D eigenvalue weighted by Crippen LogP contribution is 2.31. The molecule has 0 aromatic heterocycles. The molecule has 0 spiro atoms. The highest BCUT2D eigenvalue weighted by atomic mass is 35.5. The molecule has 1 amide bonds. The Morgan fingerprint density at radius 2 is 2.04 bits per heavy atom. The average molecular weight is 391 g/mol. The average Bonchev–Trinajstić information content (AvgIpc) is 2.69. The van der Waals surface area contributed by atoms with Crippen LogP contribution in [0.25, 0.3) is 0 Å². The Bertz CT molecular complexity index is 672. The van der Waals surface area contributed by atoms with E-state index in [4.69, 9.17) is 16.3 Å². The van der Waals surface area contributed by atoms with Crippen molar-refractivity contribution in [1.82, 2.24) is 9.80 Å². The van der Waals surface area contributed by atoms with E-state index in [1.165, 1.54) is 32.4 Å². The molecule has 3 aliphatic rings. The van der Waals surface area contributed by atoms with Crippen LogP contribution in [0, 0.1) is 17.8 Å². The van der Waals surface area contributed by atoms with Gasteiger partial charge in [0.2, 0.25) is 5.91 Å². The van der Waals surface area contributed by atoms with Gasteiger partial charge in [-0.2, -0.15) is 0 Å². The highest BCUT2D eigenvalue weighted by molar-refractivity contribution is 6.30. The Balaban J connectivity index is 1.33. The van der Waals surface area contributed by atoms with Crippen molar-refractivity contribution in [3.63, 3.8) is 0 Å². The molecule has 1 aromatic carbocycles. The third kappa shape index (κ3) is 4.60. The number of rotatable bonds is 3. The molecule has 0 saturated carbocycles. The molecule has 4 rings (SSSR count). The zero-order valence-corrected chi connectivity index (χ0v) is 17.1. The van der Waals surface area contributed by atoms with E-state index in [1.54, 1.807) is 0 Å². The number of benzene rings is 1. The summed E-state index contributed by atoms with van der Waals surface area (Å²) in [4.78, 5) is 17.8. The molecular weight excluding hydrogens is 360 g/mol. The third-order valence-corrected chi connectivity index (χ3v) is 6.74. The molecule has 148 valence electrons. The highest BCUT2D eigenvalue weighted by Gasteiger charge is 2.33. The van der Waals surface area contributed by atoms with E-state index < -0.39 is 0 Å². The minimum atomic E-state index is -0.0782. The lowest BCUT2D eigenvalue weighted by Crippen LogP contribution is -2.48. The lowest BCUT2D eigenvalue weighted by atomic mass is 9.91. The molecular formula is C22H31ClN2O2. The quantitative estimate of drug-likeness (QED) is 0.785. The maximum atomic E-state index is 13.1. The van der Waals surface area contributed by atoms with Gasteiger partial charge in [-0.3, -0.25) is 4.79 Å². The van der Waals surface area contributed by atoms with Crippen LogP contribution in [-0.4, -0.2) is 55.0 Å². The summed E-state index contributed by atoms with van der Waals surface area (Å²) in [5.74, 6) is 2.54. The van der Waals surface area contributed by atoms with Gasteiger partial charge in [-0.15, -0.1) is 0 Å². The van der Waals surface area contributed by atoms with E-state index in [0.29, 0.717) is 17.5 Å². The number of hydrogen-bond acceptors (Lipinski definition) is 3. The second-order valence-electron chi connectivity index (χ2n) is 8.74. The van der Waals surface area contributed by atoms with E-state index in [0.717, 1.165) is 49.7 Å². The van der Waals surface area contributed by atoms with E-state index in [-0.39, 0.29) is 11.8 Å². The second kappa shape index (κ2) is 8.40. The maximum absolute atomic E-state index is 13.1. The van der Waals surface area contributed by atoms with Crippen LogP contribution in [0.2, 0.25) is 5.02 Å². The van der Waals surface area contributed by atoms with Crippen LogP contribution in [0.1, 0.15) is 38.2 Å². The van der Waals surface area contributed by atoms with Gasteiger partial charge in [0.1, 0.15) is 12.4 Å². The fourth-order valence-corrected chi connectivity index (χ4v) is 5.00. The molecule has 0 radical (unpaired) electrons. The van der Waals surface area contributed by atoms with Gasteiger partial charge in [0, 0.05) is 24.7 Å². The molecule has 2 fully saturated rings. The Morgan fingerprint density at radius 1 is 1.22 bits per heavy atom. The Morgan fingerprint density at radius 3 is 2.85 bits per heavy atom. The van der Waals surface area contributed by atoms with Gasteiger partial charge in [-0.1, -0.05) is 18.5 Å². The lowest BCUT2D eigenvalue weighted by molar-refractivity contribution is -0.139. The summed E-state index contributed by atoms with van der Waals surface area (Å²) in [6.07, 6.45) is 5.74. The maximum Gasteiger partial charge on any atom is 0.229 e. The first-order chi connectivity index (χ1) is 13.1. The normalized spacial score (nSPS) is 27.1. The molecule has 3 heterocycles. The number of fused-ring (bicyclic) bond motifs is 1. The summed E-state index contributed by atoms with van der Waals surface area (Å²) in [6.45, 7) is 8.24. The van der Waals surface area contributed by atoms with Crippen molar-refractivity contribution in [3.8, 4) is 5.75 Å². The van der Waals surface area contributed by atoms with Gasteiger partial charge in [-0.25, -0.2) is 0 Å². The summed E-state index contributed by atoms with van der Waals surface area (Å²) in [5.41, 5.74) is 1.06. The number of carbonyl (C=O) groups is 1. The molecule has 4 nitrogen and oxygen atoms in total. The lowest BCUT2D eigenvalue weighted by Gasteiger charge is -2.39. The molecule has 2 saturated heterocycles. The van der Waals surface area contributed by atoms with Crippen molar-refractivity contribution < 1.29 is 9.53 Å². The number of amides is 1. The topological polar surface area (TPSA) is 32.8 Å². The SMILES string of the molecule is CC1CCN(CC2CCCN(C(=O)C3COc4ccc(Cl)cc4C3)C2)CC1. The summed E-state index contributed by atoms with van der Waals surface area (Å²) in [6, 6.07) is 5.70. The van der Waals surface area contributed by atoms with Crippen molar-refractivity contribution in [2.75, 3.05) is 39.3 Å². The minimum Gasteiger partial charge on any atom is -0.492 e. The molecule has 0 aliphatic carbocycles. The zero-order valence-electron chi connectivity index (χ0n) is 16.3. The van der Waals surface area contributed by atoms with Crippen molar-refractivity contribution >= 4 is 17.5 Å². The summed E-state index contributed by atoms with van der Waals surface area (Å²) >= 11 is 6.12. The van der Waals surface area contributed by atoms with Crippen LogP contribution in [0.3, 0.4) is 0 Å². The molecule has 1 aromatic rings. The number of likely N-dealkylation sites (tertiary alicyclic amines) is 2. The number of halogens is 1. The van der Waals surface area contributed by atoms with Gasteiger partial charge < -0.3 is 14.5 Å². The van der Waals surface area contributed by atoms with Gasteiger partial charge in [-0.05, 0) is 80.8 Å². The Labute approximate surface area is 167 Å². The minimum absolute atomic E-state index is 0.0782. The van der Waals surface area contributed by atoms with E-state index >= 15 is 0 Å². The second-order valence-corrected chi connectivity index (χ2v) is 9.18. The van der Waals surface area contributed by atoms with Crippen LogP contribution in [-0.2, 0) is 11.2 Å². The number of ether oxygens (including phenoxy) is 1. The summed E-state index contributed by atoms with van der Waals surface area (Å²) in [5, 5.41) is 0.708. The van der Waals surface area contributed by atoms with Crippen molar-refractivity contribution in [3.05, 3.63) is 28.8 Å². The molecule has 2 unspecified atom stereocenters. The van der Waals surface area contributed by atoms with Gasteiger partial charge in [0.25, 0.3) is 0 Å². The standard InChI is InChI=1S/C22H31ClN2O2/c1-16-6-9-24(10-7-16)13-17-3-2-8-25(14-17)22(26)19-11-18-12-20(23)4-5-21(18)27-15-19/h4-5,12,16-17,19H,2-3,6-11,13-15H2,1H3. The Kier molecular flexibility index (Phi) is 5.93. The van der Waals surface area contributed by atoms with E-state index in [9.17, 15) is 4.79 Å². The number of carbonyl (C=O) groups excluding carboxylic acids is 1. The summed E-state index contributed by atoms with van der Waals surface area (Å²) < 4.78 is 5.85. The van der Waals surface area contributed by atoms with Crippen molar-refractivity contribution in [1.29, 1.82) is 0 Å². The third-order valence-electron chi connectivity index (χ3n) is 6.50. The monoisotopic (exact) mass is 390 g/mol. The number of nitrogens with zero attached hydrogens (tertiary/aromatic N) is 2. The zero-order chi connectivity index (χ0) is 18.8. The molecule has 2 atom stereocenters. The number of piperidine rings is 2. The first-order valence-electron chi connectivity index (χ1n) is 10.5. The van der Waals surface area contributed by atoms with Crippen LogP contribution in [0.5, 0.6) is 5.75 Å². The Hall–Kier alpha value is -1.26. The number of hydrogen-bond donors (Lipinski definition) is 0. The first kappa shape index (κ1) is 19.1. The summed E-state index contributed by atoms with van der Waals surface area (Å²) in [7, 11) is 0. The molecule has 5 heteroatoms.